The third kappa shape index (κ3) is 6.40. The summed E-state index contributed by atoms with van der Waals surface area (Å²) in [6.07, 6.45) is 1.00. The van der Waals surface area contributed by atoms with Gasteiger partial charge in [0, 0.05) is 80.7 Å². The Kier molecular flexibility index (Phi) is 8.90. The van der Waals surface area contributed by atoms with E-state index in [0.29, 0.717) is 67.6 Å². The zero-order valence-electron chi connectivity index (χ0n) is 28.1. The van der Waals surface area contributed by atoms with E-state index in [-0.39, 0.29) is 29.2 Å². The number of piperidine rings is 1. The monoisotopic (exact) mass is 663 g/mol. The van der Waals surface area contributed by atoms with Gasteiger partial charge in [0.1, 0.15) is 17.2 Å². The van der Waals surface area contributed by atoms with Gasteiger partial charge in [-0.1, -0.05) is 18.2 Å². The van der Waals surface area contributed by atoms with Crippen LogP contribution in [0.2, 0.25) is 0 Å². The van der Waals surface area contributed by atoms with Gasteiger partial charge in [0.2, 0.25) is 0 Å². The highest BCUT2D eigenvalue weighted by molar-refractivity contribution is 6.07. The third-order valence-corrected chi connectivity index (χ3v) is 9.92. The van der Waals surface area contributed by atoms with Crippen molar-refractivity contribution in [2.24, 2.45) is 5.92 Å². The minimum atomic E-state index is -0.345. The van der Waals surface area contributed by atoms with Crippen LogP contribution < -0.4 is 34.9 Å². The molecule has 2 bridgehead atoms. The number of fused-ring (bicyclic) bond motifs is 4. The fourth-order valence-electron chi connectivity index (χ4n) is 7.50. The second-order valence-electron chi connectivity index (χ2n) is 12.8. The lowest BCUT2D eigenvalue weighted by Crippen LogP contribution is -2.49. The number of ether oxygens (including phenoxy) is 3. The highest BCUT2D eigenvalue weighted by atomic mass is 16.5. The van der Waals surface area contributed by atoms with Crippen LogP contribution in [0.25, 0.3) is 0 Å². The van der Waals surface area contributed by atoms with Gasteiger partial charge < -0.3 is 38.8 Å². The molecule has 2 amide bonds. The van der Waals surface area contributed by atoms with E-state index in [2.05, 4.69) is 15.1 Å². The molecular weight excluding hydrogens is 622 g/mol. The number of carbonyl (C=O) groups excluding carboxylic acids is 2. The summed E-state index contributed by atoms with van der Waals surface area (Å²) in [7, 11) is 4.75. The van der Waals surface area contributed by atoms with Crippen LogP contribution in [0.4, 0.5) is 17.1 Å². The molecule has 1 N–H and O–H groups in total. The van der Waals surface area contributed by atoms with Gasteiger partial charge in [0.15, 0.2) is 0 Å². The van der Waals surface area contributed by atoms with Crippen LogP contribution in [0.5, 0.6) is 17.2 Å². The van der Waals surface area contributed by atoms with Crippen molar-refractivity contribution in [3.8, 4) is 17.2 Å². The third-order valence-electron chi connectivity index (χ3n) is 9.92. The number of aromatic nitrogens is 1. The Balaban J connectivity index is 1.17. The predicted molar refractivity (Wildman–Crippen MR) is 189 cm³/mol. The summed E-state index contributed by atoms with van der Waals surface area (Å²) in [5.41, 5.74) is 4.35. The number of piperazine rings is 1. The van der Waals surface area contributed by atoms with Gasteiger partial charge >= 0.3 is 0 Å². The maximum Gasteiger partial charge on any atom is 0.255 e. The van der Waals surface area contributed by atoms with Gasteiger partial charge in [-0.05, 0) is 60.9 Å². The average molecular weight is 664 g/mol. The van der Waals surface area contributed by atoms with Crippen LogP contribution in [0, 0.1) is 5.92 Å². The minimum Gasteiger partial charge on any atom is -0.497 e. The molecule has 4 aromatic rings. The minimum absolute atomic E-state index is 0.0360. The van der Waals surface area contributed by atoms with Gasteiger partial charge in [-0.2, -0.15) is 0 Å². The Morgan fingerprint density at radius 1 is 0.714 bits per heavy atom. The molecule has 2 atom stereocenters. The SMILES string of the molecule is COc1cc(OC)cc(C(=O)Nc2cc(C(=O)N3CCN(c4ccccc4OC)CC3)ccc2N2CC3CC(C2)c2cccc(=O)n2C3)c1. The van der Waals surface area contributed by atoms with Crippen molar-refractivity contribution in [3.05, 3.63) is 106 Å². The Bertz CT molecular complexity index is 1910. The lowest BCUT2D eigenvalue weighted by atomic mass is 9.83. The van der Waals surface area contributed by atoms with Crippen LogP contribution >= 0.6 is 0 Å². The first kappa shape index (κ1) is 32.1. The number of hydrogen-bond donors (Lipinski definition) is 1. The lowest BCUT2D eigenvalue weighted by molar-refractivity contribution is 0.0746. The first-order chi connectivity index (χ1) is 23.8. The number of amides is 2. The molecule has 11 nitrogen and oxygen atoms in total. The second kappa shape index (κ2) is 13.6. The molecule has 7 rings (SSSR count). The normalized spacial score (nSPS) is 18.4. The summed E-state index contributed by atoms with van der Waals surface area (Å²) in [5.74, 6) is 1.82. The fraction of sp³-hybridized carbons (Fsp3) is 0.342. The van der Waals surface area contributed by atoms with E-state index < -0.39 is 0 Å². The summed E-state index contributed by atoms with van der Waals surface area (Å²) in [4.78, 5) is 46.8. The Hall–Kier alpha value is -5.45. The Labute approximate surface area is 285 Å². The van der Waals surface area contributed by atoms with Crippen molar-refractivity contribution in [1.82, 2.24) is 9.47 Å². The summed E-state index contributed by atoms with van der Waals surface area (Å²) >= 11 is 0. The molecule has 254 valence electrons. The number of benzene rings is 3. The standard InChI is InChI=1S/C38H41N5O6/c1-47-29-18-27(19-30(21-29)48-2)37(45)39-31-20-26(38(46)41-15-13-40(14-16-41)34-7-4-5-9-35(34)49-3)11-12-33(31)42-22-25-17-28(24-42)32-8-6-10-36(44)43(32)23-25/h4-12,18-21,25,28H,13-17,22-24H2,1-3H3,(H,39,45). The number of para-hydroxylation sites is 2. The molecule has 3 aliphatic heterocycles. The number of rotatable bonds is 8. The van der Waals surface area contributed by atoms with Crippen molar-refractivity contribution in [3.63, 3.8) is 0 Å². The zero-order chi connectivity index (χ0) is 34.1. The predicted octanol–water partition coefficient (Wildman–Crippen LogP) is 4.71. The van der Waals surface area contributed by atoms with Crippen molar-refractivity contribution < 1.29 is 23.8 Å². The molecule has 0 saturated carbocycles. The van der Waals surface area contributed by atoms with Gasteiger partial charge in [-0.25, -0.2) is 0 Å². The number of hydrogen-bond acceptors (Lipinski definition) is 8. The largest absolute Gasteiger partial charge is 0.497 e. The van der Waals surface area contributed by atoms with Crippen molar-refractivity contribution in [1.29, 1.82) is 0 Å². The molecule has 4 heterocycles. The number of methoxy groups -OCH3 is 3. The van der Waals surface area contributed by atoms with Crippen molar-refractivity contribution in [2.75, 3.05) is 75.7 Å². The van der Waals surface area contributed by atoms with Crippen LogP contribution in [0.1, 0.15) is 38.7 Å². The molecule has 49 heavy (non-hydrogen) atoms. The number of nitrogens with one attached hydrogen (secondary N) is 1. The van der Waals surface area contributed by atoms with Gasteiger partial charge in [-0.15, -0.1) is 0 Å². The molecule has 3 aromatic carbocycles. The van der Waals surface area contributed by atoms with E-state index in [0.717, 1.165) is 35.8 Å². The van der Waals surface area contributed by atoms with Crippen LogP contribution in [0.3, 0.4) is 0 Å². The van der Waals surface area contributed by atoms with E-state index in [1.807, 2.05) is 58.0 Å². The molecule has 2 fully saturated rings. The molecule has 11 heteroatoms. The van der Waals surface area contributed by atoms with Crippen LogP contribution in [0.15, 0.2) is 83.7 Å². The highest BCUT2D eigenvalue weighted by Gasteiger charge is 2.36. The fourth-order valence-corrected chi connectivity index (χ4v) is 7.50. The topological polar surface area (TPSA) is 106 Å². The Morgan fingerprint density at radius 2 is 1.47 bits per heavy atom. The lowest BCUT2D eigenvalue weighted by Gasteiger charge is -2.44. The maximum atomic E-state index is 13.9. The van der Waals surface area contributed by atoms with Gasteiger partial charge in [0.25, 0.3) is 17.4 Å². The summed E-state index contributed by atoms with van der Waals surface area (Å²) in [6.45, 7) is 4.53. The van der Waals surface area contributed by atoms with E-state index in [1.165, 1.54) is 0 Å². The first-order valence-electron chi connectivity index (χ1n) is 16.7. The molecule has 0 aliphatic carbocycles. The summed E-state index contributed by atoms with van der Waals surface area (Å²) in [5, 5.41) is 3.12. The first-order valence-corrected chi connectivity index (χ1v) is 16.7. The molecule has 2 saturated heterocycles. The summed E-state index contributed by atoms with van der Waals surface area (Å²) in [6, 6.07) is 24.0. The Morgan fingerprint density at radius 3 is 2.20 bits per heavy atom. The van der Waals surface area contributed by atoms with E-state index in [9.17, 15) is 14.4 Å². The molecule has 2 unspecified atom stereocenters. The van der Waals surface area contributed by atoms with Gasteiger partial charge in [0.05, 0.1) is 38.4 Å². The maximum absolute atomic E-state index is 13.9. The number of nitrogens with zero attached hydrogens (tertiary/aromatic N) is 4. The van der Waals surface area contributed by atoms with Crippen molar-refractivity contribution in [2.45, 2.75) is 18.9 Å². The van der Waals surface area contributed by atoms with E-state index >= 15 is 0 Å². The van der Waals surface area contributed by atoms with E-state index in [4.69, 9.17) is 14.2 Å². The van der Waals surface area contributed by atoms with Crippen LogP contribution in [-0.2, 0) is 6.54 Å². The van der Waals surface area contributed by atoms with E-state index in [1.54, 1.807) is 51.7 Å². The zero-order valence-corrected chi connectivity index (χ0v) is 28.1. The number of carbonyl (C=O) groups is 2. The molecular formula is C38H41N5O6. The van der Waals surface area contributed by atoms with Crippen LogP contribution in [-0.4, -0.2) is 81.9 Å². The number of anilines is 3. The average Bonchev–Trinajstić information content (AvgIpc) is 3.14. The highest BCUT2D eigenvalue weighted by Crippen LogP contribution is 2.40. The summed E-state index contributed by atoms with van der Waals surface area (Å²) < 4.78 is 18.3. The van der Waals surface area contributed by atoms with Crippen molar-refractivity contribution >= 4 is 28.9 Å². The smallest absolute Gasteiger partial charge is 0.255 e. The van der Waals surface area contributed by atoms with Gasteiger partial charge in [-0.3, -0.25) is 14.4 Å². The molecule has 3 aliphatic rings. The quantitative estimate of drug-likeness (QED) is 0.289. The second-order valence-corrected chi connectivity index (χ2v) is 12.8. The number of pyridine rings is 1. The molecule has 1 aromatic heterocycles. The molecule has 0 spiro atoms. The molecule has 0 radical (unpaired) electrons.